The van der Waals surface area contributed by atoms with Crippen LogP contribution in [-0.2, 0) is 4.84 Å². The first-order valence-corrected chi connectivity index (χ1v) is 6.05. The molecule has 0 unspecified atom stereocenters. The van der Waals surface area contributed by atoms with Crippen molar-refractivity contribution in [2.24, 2.45) is 0 Å². The summed E-state index contributed by atoms with van der Waals surface area (Å²) >= 11 is 0. The second-order valence-electron chi connectivity index (χ2n) is 3.78. The molecule has 0 heterocycles. The molecule has 0 aromatic heterocycles. The number of hydrogen-bond acceptors (Lipinski definition) is 3. The van der Waals surface area contributed by atoms with E-state index in [4.69, 9.17) is 9.57 Å². The van der Waals surface area contributed by atoms with Gasteiger partial charge in [-0.25, -0.2) is 5.48 Å². The SMILES string of the molecule is CCONC(=O)c1ccccc1Oc1ccccc1. The second kappa shape index (κ2) is 6.56. The minimum Gasteiger partial charge on any atom is -0.457 e. The Labute approximate surface area is 111 Å². The van der Waals surface area contributed by atoms with Gasteiger partial charge in [0.25, 0.3) is 5.91 Å². The first-order valence-electron chi connectivity index (χ1n) is 6.05. The fraction of sp³-hybridized carbons (Fsp3) is 0.133. The molecule has 1 N–H and O–H groups in total. The van der Waals surface area contributed by atoms with E-state index in [-0.39, 0.29) is 5.91 Å². The van der Waals surface area contributed by atoms with Crippen LogP contribution in [0, 0.1) is 0 Å². The lowest BCUT2D eigenvalue weighted by atomic mass is 10.2. The van der Waals surface area contributed by atoms with Gasteiger partial charge in [0, 0.05) is 0 Å². The Balaban J connectivity index is 2.19. The Hall–Kier alpha value is -2.33. The van der Waals surface area contributed by atoms with Gasteiger partial charge in [-0.05, 0) is 31.2 Å². The molecule has 2 rings (SSSR count). The average molecular weight is 257 g/mol. The van der Waals surface area contributed by atoms with Crippen molar-refractivity contribution in [3.63, 3.8) is 0 Å². The average Bonchev–Trinajstić information content (AvgIpc) is 2.46. The van der Waals surface area contributed by atoms with E-state index in [0.29, 0.717) is 23.7 Å². The Morgan fingerprint density at radius 1 is 1.05 bits per heavy atom. The zero-order valence-corrected chi connectivity index (χ0v) is 10.6. The van der Waals surface area contributed by atoms with Gasteiger partial charge >= 0.3 is 0 Å². The zero-order chi connectivity index (χ0) is 13.5. The molecule has 0 fully saturated rings. The van der Waals surface area contributed by atoms with Crippen LogP contribution < -0.4 is 10.2 Å². The normalized spacial score (nSPS) is 9.95. The van der Waals surface area contributed by atoms with Gasteiger partial charge in [0.05, 0.1) is 12.2 Å². The Bertz CT molecular complexity index is 540. The lowest BCUT2D eigenvalue weighted by Crippen LogP contribution is -2.23. The Morgan fingerprint density at radius 2 is 1.74 bits per heavy atom. The number of carbonyl (C=O) groups is 1. The third kappa shape index (κ3) is 3.56. The third-order valence-corrected chi connectivity index (χ3v) is 2.41. The van der Waals surface area contributed by atoms with Crippen LogP contribution in [0.4, 0.5) is 0 Å². The summed E-state index contributed by atoms with van der Waals surface area (Å²) in [5.74, 6) is 0.846. The Kier molecular flexibility index (Phi) is 4.53. The van der Waals surface area contributed by atoms with Crippen LogP contribution in [0.25, 0.3) is 0 Å². The molecule has 0 aliphatic carbocycles. The monoisotopic (exact) mass is 257 g/mol. The number of nitrogens with one attached hydrogen (secondary N) is 1. The minimum atomic E-state index is -0.326. The van der Waals surface area contributed by atoms with Crippen molar-refractivity contribution in [2.45, 2.75) is 6.92 Å². The van der Waals surface area contributed by atoms with Crippen molar-refractivity contribution < 1.29 is 14.4 Å². The fourth-order valence-electron chi connectivity index (χ4n) is 1.55. The zero-order valence-electron chi connectivity index (χ0n) is 10.6. The van der Waals surface area contributed by atoms with Crippen LogP contribution in [0.2, 0.25) is 0 Å². The molecule has 0 aliphatic heterocycles. The number of rotatable bonds is 5. The van der Waals surface area contributed by atoms with E-state index < -0.39 is 0 Å². The molecule has 0 radical (unpaired) electrons. The van der Waals surface area contributed by atoms with Gasteiger partial charge in [-0.3, -0.25) is 9.63 Å². The summed E-state index contributed by atoms with van der Waals surface area (Å²) in [6.07, 6.45) is 0. The molecule has 4 nitrogen and oxygen atoms in total. The van der Waals surface area contributed by atoms with E-state index in [2.05, 4.69) is 5.48 Å². The molecule has 0 saturated carbocycles. The molecular formula is C15H15NO3. The minimum absolute atomic E-state index is 0.326. The number of para-hydroxylation sites is 2. The summed E-state index contributed by atoms with van der Waals surface area (Å²) in [6, 6.07) is 16.3. The molecule has 2 aromatic carbocycles. The van der Waals surface area contributed by atoms with Crippen LogP contribution in [0.1, 0.15) is 17.3 Å². The summed E-state index contributed by atoms with van der Waals surface area (Å²) in [4.78, 5) is 16.8. The third-order valence-electron chi connectivity index (χ3n) is 2.41. The van der Waals surface area contributed by atoms with Crippen molar-refractivity contribution in [1.82, 2.24) is 5.48 Å². The van der Waals surface area contributed by atoms with Gasteiger partial charge in [0.1, 0.15) is 11.5 Å². The van der Waals surface area contributed by atoms with Crippen molar-refractivity contribution in [3.8, 4) is 11.5 Å². The maximum atomic E-state index is 11.9. The van der Waals surface area contributed by atoms with Crippen LogP contribution in [0.3, 0.4) is 0 Å². The number of benzene rings is 2. The lowest BCUT2D eigenvalue weighted by Gasteiger charge is -2.10. The van der Waals surface area contributed by atoms with Crippen molar-refractivity contribution in [3.05, 3.63) is 60.2 Å². The highest BCUT2D eigenvalue weighted by Gasteiger charge is 2.12. The first-order chi connectivity index (χ1) is 9.31. The molecule has 0 spiro atoms. The summed E-state index contributed by atoms with van der Waals surface area (Å²) in [5, 5.41) is 0. The number of amides is 1. The van der Waals surface area contributed by atoms with Gasteiger partial charge in [-0.1, -0.05) is 30.3 Å². The lowest BCUT2D eigenvalue weighted by molar-refractivity contribution is 0.0362. The number of hydrogen-bond donors (Lipinski definition) is 1. The summed E-state index contributed by atoms with van der Waals surface area (Å²) in [7, 11) is 0. The molecule has 19 heavy (non-hydrogen) atoms. The molecular weight excluding hydrogens is 242 g/mol. The van der Waals surface area contributed by atoms with E-state index in [1.807, 2.05) is 36.4 Å². The van der Waals surface area contributed by atoms with E-state index >= 15 is 0 Å². The fourth-order valence-corrected chi connectivity index (χ4v) is 1.55. The maximum Gasteiger partial charge on any atom is 0.278 e. The molecule has 0 atom stereocenters. The smallest absolute Gasteiger partial charge is 0.278 e. The quantitative estimate of drug-likeness (QED) is 0.837. The van der Waals surface area contributed by atoms with Gasteiger partial charge in [0.15, 0.2) is 0 Å². The molecule has 0 aliphatic rings. The second-order valence-corrected chi connectivity index (χ2v) is 3.78. The molecule has 98 valence electrons. The topological polar surface area (TPSA) is 47.6 Å². The van der Waals surface area contributed by atoms with E-state index in [1.54, 1.807) is 25.1 Å². The van der Waals surface area contributed by atoms with Crippen molar-refractivity contribution in [2.75, 3.05) is 6.61 Å². The Morgan fingerprint density at radius 3 is 2.47 bits per heavy atom. The predicted octanol–water partition coefficient (Wildman–Crippen LogP) is 3.16. The molecule has 4 heteroatoms. The van der Waals surface area contributed by atoms with Crippen molar-refractivity contribution >= 4 is 5.91 Å². The van der Waals surface area contributed by atoms with Crippen LogP contribution in [0.5, 0.6) is 11.5 Å². The molecule has 0 bridgehead atoms. The number of ether oxygens (including phenoxy) is 1. The van der Waals surface area contributed by atoms with Gasteiger partial charge in [-0.2, -0.15) is 0 Å². The predicted molar refractivity (Wildman–Crippen MR) is 72.1 cm³/mol. The molecule has 0 saturated heterocycles. The van der Waals surface area contributed by atoms with E-state index in [9.17, 15) is 4.79 Å². The first kappa shape index (κ1) is 13.1. The maximum absolute atomic E-state index is 11.9. The summed E-state index contributed by atoms with van der Waals surface area (Å²) in [5.41, 5.74) is 2.79. The van der Waals surface area contributed by atoms with Gasteiger partial charge in [-0.15, -0.1) is 0 Å². The summed E-state index contributed by atoms with van der Waals surface area (Å²) in [6.45, 7) is 2.21. The van der Waals surface area contributed by atoms with Gasteiger partial charge < -0.3 is 4.74 Å². The largest absolute Gasteiger partial charge is 0.457 e. The van der Waals surface area contributed by atoms with Crippen LogP contribution in [0.15, 0.2) is 54.6 Å². The highest BCUT2D eigenvalue weighted by molar-refractivity contribution is 5.96. The molecule has 1 amide bonds. The van der Waals surface area contributed by atoms with E-state index in [1.165, 1.54) is 0 Å². The van der Waals surface area contributed by atoms with Gasteiger partial charge in [0.2, 0.25) is 0 Å². The standard InChI is InChI=1S/C15H15NO3/c1-2-18-16-15(17)13-10-6-7-11-14(13)19-12-8-4-3-5-9-12/h3-11H,2H2,1H3,(H,16,17). The van der Waals surface area contributed by atoms with E-state index in [0.717, 1.165) is 0 Å². The summed E-state index contributed by atoms with van der Waals surface area (Å²) < 4.78 is 5.69. The molecule has 2 aromatic rings. The highest BCUT2D eigenvalue weighted by atomic mass is 16.6. The highest BCUT2D eigenvalue weighted by Crippen LogP contribution is 2.24. The van der Waals surface area contributed by atoms with Crippen LogP contribution in [-0.4, -0.2) is 12.5 Å². The number of carbonyl (C=O) groups excluding carboxylic acids is 1. The van der Waals surface area contributed by atoms with Crippen molar-refractivity contribution in [1.29, 1.82) is 0 Å². The number of hydroxylamine groups is 1. The van der Waals surface area contributed by atoms with Crippen LogP contribution >= 0.6 is 0 Å².